The lowest BCUT2D eigenvalue weighted by Gasteiger charge is -2.23. The number of benzene rings is 1. The second-order valence-electron chi connectivity index (χ2n) is 4.54. The van der Waals surface area contributed by atoms with Crippen LogP contribution in [0.25, 0.3) is 0 Å². The van der Waals surface area contributed by atoms with Gasteiger partial charge in [0, 0.05) is 23.7 Å². The maximum absolute atomic E-state index is 10.8. The number of carboxylic acids is 1. The Hall–Kier alpha value is -0.910. The van der Waals surface area contributed by atoms with Crippen molar-refractivity contribution in [1.29, 1.82) is 0 Å². The maximum atomic E-state index is 10.8. The molecule has 0 aliphatic carbocycles. The molecule has 0 saturated carbocycles. The van der Waals surface area contributed by atoms with Gasteiger partial charge >= 0.3 is 5.97 Å². The predicted molar refractivity (Wildman–Crippen MR) is 71.8 cm³/mol. The monoisotopic (exact) mass is 313 g/mol. The minimum atomic E-state index is -0.903. The molecule has 1 aromatic rings. The number of hydrogen-bond donors (Lipinski definition) is 1. The van der Waals surface area contributed by atoms with E-state index in [1.807, 2.05) is 6.07 Å². The summed E-state index contributed by atoms with van der Waals surface area (Å²) in [5, 5.41) is 8.91. The smallest absolute Gasteiger partial charge is 0.335 e. The van der Waals surface area contributed by atoms with Crippen LogP contribution in [0.4, 0.5) is 0 Å². The first-order chi connectivity index (χ1) is 8.58. The van der Waals surface area contributed by atoms with E-state index in [9.17, 15) is 4.79 Å². The van der Waals surface area contributed by atoms with Crippen LogP contribution in [0.5, 0.6) is 0 Å². The first-order valence-corrected chi connectivity index (χ1v) is 6.67. The van der Waals surface area contributed by atoms with Crippen molar-refractivity contribution in [3.63, 3.8) is 0 Å². The van der Waals surface area contributed by atoms with Gasteiger partial charge in [0.15, 0.2) is 0 Å². The molecule has 0 spiro atoms. The third-order valence-electron chi connectivity index (χ3n) is 3.25. The predicted octanol–water partition coefficient (Wildman–Crippen LogP) is 2.37. The molecule has 1 fully saturated rings. The van der Waals surface area contributed by atoms with Gasteiger partial charge in [0.2, 0.25) is 0 Å². The molecule has 2 rings (SSSR count). The number of rotatable bonds is 4. The molecular weight excluding hydrogens is 298 g/mol. The lowest BCUT2D eigenvalue weighted by molar-refractivity contribution is 0.0697. The molecule has 0 aromatic heterocycles. The van der Waals surface area contributed by atoms with Gasteiger partial charge in [-0.1, -0.05) is 22.0 Å². The lowest BCUT2D eigenvalue weighted by Crippen LogP contribution is -2.31. The molecule has 98 valence electrons. The molecule has 1 unspecified atom stereocenters. The van der Waals surface area contributed by atoms with E-state index < -0.39 is 5.97 Å². The van der Waals surface area contributed by atoms with E-state index in [0.29, 0.717) is 11.6 Å². The molecule has 5 heteroatoms. The van der Waals surface area contributed by atoms with Gasteiger partial charge in [0.1, 0.15) is 0 Å². The van der Waals surface area contributed by atoms with Gasteiger partial charge in [-0.2, -0.15) is 0 Å². The van der Waals surface area contributed by atoms with Gasteiger partial charge < -0.3 is 9.84 Å². The van der Waals surface area contributed by atoms with E-state index in [-0.39, 0.29) is 0 Å². The topological polar surface area (TPSA) is 49.8 Å². The number of nitrogens with zero attached hydrogens (tertiary/aromatic N) is 1. The molecule has 0 radical (unpaired) electrons. The summed E-state index contributed by atoms with van der Waals surface area (Å²) >= 11 is 3.43. The minimum Gasteiger partial charge on any atom is -0.478 e. The molecule has 1 atom stereocenters. The summed E-state index contributed by atoms with van der Waals surface area (Å²) in [6.45, 7) is 2.39. The molecule has 0 amide bonds. The number of halogens is 1. The summed E-state index contributed by atoms with van der Waals surface area (Å²) in [5.74, 6) is -0.903. The summed E-state index contributed by atoms with van der Waals surface area (Å²) in [6, 6.07) is 5.61. The average Bonchev–Trinajstić information content (AvgIpc) is 2.85. The highest BCUT2D eigenvalue weighted by Crippen LogP contribution is 2.22. The molecule has 1 N–H and O–H groups in total. The largest absolute Gasteiger partial charge is 0.478 e. The van der Waals surface area contributed by atoms with Crippen LogP contribution < -0.4 is 0 Å². The van der Waals surface area contributed by atoms with Crippen molar-refractivity contribution in [3.05, 3.63) is 33.8 Å². The number of ether oxygens (including phenoxy) is 1. The van der Waals surface area contributed by atoms with E-state index in [0.717, 1.165) is 36.2 Å². The van der Waals surface area contributed by atoms with E-state index in [1.54, 1.807) is 12.1 Å². The molecule has 1 heterocycles. The second kappa shape index (κ2) is 5.82. The fraction of sp³-hybridized carbons (Fsp3) is 0.462. The van der Waals surface area contributed by atoms with Crippen LogP contribution in [0.1, 0.15) is 22.3 Å². The SMILES string of the molecule is CN(Cc1ccc(C(=O)O)cc1Br)C1CCOC1. The summed E-state index contributed by atoms with van der Waals surface area (Å²) in [5.41, 5.74) is 1.40. The maximum Gasteiger partial charge on any atom is 0.335 e. The highest BCUT2D eigenvalue weighted by atomic mass is 79.9. The van der Waals surface area contributed by atoms with Gasteiger partial charge in [-0.25, -0.2) is 4.79 Å². The van der Waals surface area contributed by atoms with Gasteiger partial charge in [0.25, 0.3) is 0 Å². The quantitative estimate of drug-likeness (QED) is 0.927. The highest BCUT2D eigenvalue weighted by molar-refractivity contribution is 9.10. The van der Waals surface area contributed by atoms with Crippen LogP contribution >= 0.6 is 15.9 Å². The molecule has 0 bridgehead atoms. The van der Waals surface area contributed by atoms with Crippen LogP contribution in [0.3, 0.4) is 0 Å². The zero-order chi connectivity index (χ0) is 13.1. The van der Waals surface area contributed by atoms with Crippen LogP contribution in [0, 0.1) is 0 Å². The number of carbonyl (C=O) groups is 1. The van der Waals surface area contributed by atoms with E-state index in [2.05, 4.69) is 27.9 Å². The number of hydrogen-bond acceptors (Lipinski definition) is 3. The third kappa shape index (κ3) is 3.10. The zero-order valence-electron chi connectivity index (χ0n) is 10.2. The summed E-state index contributed by atoms with van der Waals surface area (Å²) in [4.78, 5) is 13.1. The average molecular weight is 314 g/mol. The van der Waals surface area contributed by atoms with E-state index in [1.165, 1.54) is 0 Å². The Kier molecular flexibility index (Phi) is 4.37. The van der Waals surface area contributed by atoms with Crippen molar-refractivity contribution in [3.8, 4) is 0 Å². The van der Waals surface area contributed by atoms with Crippen molar-refractivity contribution in [2.75, 3.05) is 20.3 Å². The highest BCUT2D eigenvalue weighted by Gasteiger charge is 2.20. The van der Waals surface area contributed by atoms with Crippen molar-refractivity contribution >= 4 is 21.9 Å². The van der Waals surface area contributed by atoms with Crippen LogP contribution in [0.2, 0.25) is 0 Å². The molecule has 1 saturated heterocycles. The fourth-order valence-electron chi connectivity index (χ4n) is 2.08. The Morgan fingerprint density at radius 3 is 2.94 bits per heavy atom. The van der Waals surface area contributed by atoms with Crippen molar-refractivity contribution < 1.29 is 14.6 Å². The molecule has 18 heavy (non-hydrogen) atoms. The summed E-state index contributed by atoms with van der Waals surface area (Å²) < 4.78 is 6.21. The lowest BCUT2D eigenvalue weighted by atomic mass is 10.1. The van der Waals surface area contributed by atoms with Gasteiger partial charge in [0.05, 0.1) is 12.2 Å². The Balaban J connectivity index is 2.06. The number of likely N-dealkylation sites (N-methyl/N-ethyl adjacent to an activating group) is 1. The molecule has 4 nitrogen and oxygen atoms in total. The zero-order valence-corrected chi connectivity index (χ0v) is 11.8. The van der Waals surface area contributed by atoms with Crippen LogP contribution in [-0.4, -0.2) is 42.3 Å². The van der Waals surface area contributed by atoms with Crippen molar-refractivity contribution in [1.82, 2.24) is 4.90 Å². The third-order valence-corrected chi connectivity index (χ3v) is 3.99. The van der Waals surface area contributed by atoms with E-state index in [4.69, 9.17) is 9.84 Å². The van der Waals surface area contributed by atoms with Crippen molar-refractivity contribution in [2.24, 2.45) is 0 Å². The molecule has 1 aliphatic rings. The second-order valence-corrected chi connectivity index (χ2v) is 5.40. The normalized spacial score (nSPS) is 19.4. The van der Waals surface area contributed by atoms with Gasteiger partial charge in [-0.15, -0.1) is 0 Å². The molecule has 1 aliphatic heterocycles. The summed E-state index contributed by atoms with van der Waals surface area (Å²) in [6.07, 6.45) is 1.06. The van der Waals surface area contributed by atoms with Gasteiger partial charge in [-0.3, -0.25) is 4.90 Å². The number of carboxylic acid groups (broad SMARTS) is 1. The standard InChI is InChI=1S/C13H16BrNO3/c1-15(11-4-5-18-8-11)7-10-3-2-9(13(16)17)6-12(10)14/h2-3,6,11H,4-5,7-8H2,1H3,(H,16,17). The first-order valence-electron chi connectivity index (χ1n) is 5.87. The Labute approximate surface area is 115 Å². The van der Waals surface area contributed by atoms with Gasteiger partial charge in [-0.05, 0) is 31.2 Å². The van der Waals surface area contributed by atoms with Crippen LogP contribution in [0.15, 0.2) is 22.7 Å². The van der Waals surface area contributed by atoms with Crippen molar-refractivity contribution in [2.45, 2.75) is 19.0 Å². The Bertz CT molecular complexity index is 444. The minimum absolute atomic E-state index is 0.303. The number of aromatic carboxylic acids is 1. The van der Waals surface area contributed by atoms with Crippen LogP contribution in [-0.2, 0) is 11.3 Å². The molecule has 1 aromatic carbocycles. The molecular formula is C13H16BrNO3. The van der Waals surface area contributed by atoms with E-state index >= 15 is 0 Å². The first kappa shape index (κ1) is 13.5. The Morgan fingerprint density at radius 2 is 2.39 bits per heavy atom. The summed E-state index contributed by atoms with van der Waals surface area (Å²) in [7, 11) is 2.07. The fourth-order valence-corrected chi connectivity index (χ4v) is 2.58. The Morgan fingerprint density at radius 1 is 1.61 bits per heavy atom.